The highest BCUT2D eigenvalue weighted by atomic mass is 35.5. The molecule has 5 rings (SSSR count). The Bertz CT molecular complexity index is 1760. The van der Waals surface area contributed by atoms with Crippen LogP contribution in [0.1, 0.15) is 11.1 Å². The molecule has 5 aromatic rings. The smallest absolute Gasteiger partial charge is 0.411 e. The fourth-order valence-electron chi connectivity index (χ4n) is 4.08. The van der Waals surface area contributed by atoms with E-state index in [9.17, 15) is 14.9 Å². The lowest BCUT2D eigenvalue weighted by molar-refractivity contribution is 0.209. The van der Waals surface area contributed by atoms with Crippen LogP contribution in [0.25, 0.3) is 33.3 Å². The first kappa shape index (κ1) is 22.1. The van der Waals surface area contributed by atoms with Crippen LogP contribution in [-0.4, -0.2) is 40.1 Å². The predicted octanol–water partition coefficient (Wildman–Crippen LogP) is 3.35. The molecule has 174 valence electrons. The van der Waals surface area contributed by atoms with Gasteiger partial charge in [-0.1, -0.05) is 11.6 Å². The highest BCUT2D eigenvalue weighted by Gasteiger charge is 2.23. The Morgan fingerprint density at radius 2 is 2.06 bits per heavy atom. The van der Waals surface area contributed by atoms with E-state index in [1.807, 2.05) is 18.2 Å². The third kappa shape index (κ3) is 3.75. The summed E-state index contributed by atoms with van der Waals surface area (Å²) in [5.74, 6) is -0.156. The van der Waals surface area contributed by atoms with Crippen molar-refractivity contribution < 1.29 is 9.90 Å². The Kier molecular flexibility index (Phi) is 5.22. The van der Waals surface area contributed by atoms with Crippen LogP contribution in [0.5, 0.6) is 0 Å². The summed E-state index contributed by atoms with van der Waals surface area (Å²) < 4.78 is 4.47. The molecule has 0 bridgehead atoms. The third-order valence-electron chi connectivity index (χ3n) is 5.69. The number of aromatic nitrogens is 6. The van der Waals surface area contributed by atoms with Crippen LogP contribution in [0.3, 0.4) is 0 Å². The number of benzene rings is 1. The summed E-state index contributed by atoms with van der Waals surface area (Å²) in [7, 11) is 3.18. The second kappa shape index (κ2) is 8.27. The molecule has 0 fully saturated rings. The number of aryl methyl sites for hydroxylation is 1. The van der Waals surface area contributed by atoms with Gasteiger partial charge in [-0.25, -0.2) is 4.79 Å². The van der Waals surface area contributed by atoms with Crippen LogP contribution in [0.4, 0.5) is 10.7 Å². The summed E-state index contributed by atoms with van der Waals surface area (Å²) in [6, 6.07) is 11.0. The lowest BCUT2D eigenvalue weighted by atomic mass is 10.1. The quantitative estimate of drug-likeness (QED) is 0.394. The van der Waals surface area contributed by atoms with Gasteiger partial charge in [0.1, 0.15) is 17.1 Å². The van der Waals surface area contributed by atoms with Crippen molar-refractivity contribution in [3.05, 3.63) is 69.2 Å². The van der Waals surface area contributed by atoms with E-state index in [0.717, 1.165) is 21.0 Å². The Morgan fingerprint density at radius 1 is 1.26 bits per heavy atom. The van der Waals surface area contributed by atoms with Crippen LogP contribution in [0.15, 0.2) is 47.5 Å². The molecule has 1 aromatic carbocycles. The van der Waals surface area contributed by atoms with Crippen molar-refractivity contribution in [3.63, 3.8) is 0 Å². The Morgan fingerprint density at radius 3 is 2.77 bits per heavy atom. The second-order valence-electron chi connectivity index (χ2n) is 7.90. The maximum Gasteiger partial charge on any atom is 0.411 e. The topological polar surface area (TPSA) is 144 Å². The number of fused-ring (bicyclic) bond motifs is 2. The Labute approximate surface area is 202 Å². The first-order chi connectivity index (χ1) is 16.8. The highest BCUT2D eigenvalue weighted by molar-refractivity contribution is 6.31. The number of carbonyl (C=O) groups is 1. The molecule has 1 amide bonds. The lowest BCUT2D eigenvalue weighted by Gasteiger charge is -2.11. The molecule has 4 aromatic heterocycles. The van der Waals surface area contributed by atoms with Gasteiger partial charge in [0.05, 0.1) is 23.3 Å². The molecule has 0 saturated carbocycles. The number of halogens is 1. The van der Waals surface area contributed by atoms with Gasteiger partial charge in [-0.05, 0) is 35.9 Å². The molecule has 0 unspecified atom stereocenters. The van der Waals surface area contributed by atoms with Gasteiger partial charge in [0.2, 0.25) is 5.95 Å². The van der Waals surface area contributed by atoms with Crippen molar-refractivity contribution in [1.82, 2.24) is 28.9 Å². The molecule has 0 radical (unpaired) electrons. The number of hydrogen-bond acceptors (Lipinski definition) is 6. The van der Waals surface area contributed by atoms with E-state index in [1.54, 1.807) is 40.8 Å². The number of anilines is 1. The van der Waals surface area contributed by atoms with Crippen molar-refractivity contribution in [2.75, 3.05) is 5.32 Å². The minimum Gasteiger partial charge on any atom is -0.465 e. The number of nitrogens with one attached hydrogen (secondary N) is 1. The monoisotopic (exact) mass is 488 g/mol. The van der Waals surface area contributed by atoms with E-state index in [1.165, 1.54) is 7.05 Å². The Balaban J connectivity index is 1.80. The van der Waals surface area contributed by atoms with Crippen LogP contribution < -0.4 is 10.9 Å². The SMILES string of the molecule is Cn1cc(C#N)cc1-c1c2c(=O)n(C)c(NC(=O)O)nc2nn1Cc1ccnc2ccc(Cl)cc12. The van der Waals surface area contributed by atoms with Crippen LogP contribution in [0.2, 0.25) is 5.02 Å². The molecule has 0 aliphatic carbocycles. The molecule has 0 atom stereocenters. The standard InChI is InChI=1S/C23H17ClN8O3/c1-30-10-12(9-25)7-17(30)19-18-20(27-22(28-23(34)35)31(2)21(18)33)29-32(19)11-13-5-6-26-16-4-3-14(24)8-15(13)16/h3-8,10H,11H2,1-2H3,(H,34,35)(H,27,28,29). The van der Waals surface area contributed by atoms with E-state index >= 15 is 0 Å². The van der Waals surface area contributed by atoms with Crippen molar-refractivity contribution >= 4 is 45.6 Å². The molecule has 0 aliphatic rings. The molecule has 35 heavy (non-hydrogen) atoms. The number of hydrogen-bond donors (Lipinski definition) is 2. The maximum absolute atomic E-state index is 13.4. The highest BCUT2D eigenvalue weighted by Crippen LogP contribution is 2.30. The van der Waals surface area contributed by atoms with Gasteiger partial charge in [0.15, 0.2) is 5.65 Å². The first-order valence-corrected chi connectivity index (χ1v) is 10.7. The number of rotatable bonds is 4. The third-order valence-corrected chi connectivity index (χ3v) is 5.93. The van der Waals surface area contributed by atoms with Crippen LogP contribution in [0, 0.1) is 11.3 Å². The average molecular weight is 489 g/mol. The van der Waals surface area contributed by atoms with Gasteiger partial charge >= 0.3 is 6.09 Å². The van der Waals surface area contributed by atoms with E-state index in [-0.39, 0.29) is 23.5 Å². The van der Waals surface area contributed by atoms with Gasteiger partial charge in [-0.3, -0.25) is 24.3 Å². The molecule has 2 N–H and O–H groups in total. The molecule has 11 nitrogen and oxygen atoms in total. The number of nitriles is 1. The number of carboxylic acid groups (broad SMARTS) is 1. The van der Waals surface area contributed by atoms with Gasteiger partial charge in [0.25, 0.3) is 5.56 Å². The summed E-state index contributed by atoms with van der Waals surface area (Å²) in [6.07, 6.45) is 1.97. The normalized spacial score (nSPS) is 11.1. The minimum atomic E-state index is -1.35. The van der Waals surface area contributed by atoms with Crippen molar-refractivity contribution in [2.45, 2.75) is 6.54 Å². The molecule has 0 saturated heterocycles. The van der Waals surface area contributed by atoms with Gasteiger partial charge in [-0.2, -0.15) is 15.3 Å². The summed E-state index contributed by atoms with van der Waals surface area (Å²) in [4.78, 5) is 33.2. The summed E-state index contributed by atoms with van der Waals surface area (Å²) in [5, 5.41) is 26.8. The fraction of sp³-hybridized carbons (Fsp3) is 0.130. The second-order valence-corrected chi connectivity index (χ2v) is 8.34. The van der Waals surface area contributed by atoms with E-state index in [2.05, 4.69) is 26.5 Å². The fourth-order valence-corrected chi connectivity index (χ4v) is 4.25. The van der Waals surface area contributed by atoms with Crippen LogP contribution >= 0.6 is 11.6 Å². The molecule has 0 aliphatic heterocycles. The van der Waals surface area contributed by atoms with Crippen molar-refractivity contribution in [1.29, 1.82) is 5.26 Å². The molecule has 0 spiro atoms. The minimum absolute atomic E-state index is 0.0722. The number of pyridine rings is 1. The molecule has 12 heteroatoms. The van der Waals surface area contributed by atoms with E-state index in [4.69, 9.17) is 16.7 Å². The Hall–Kier alpha value is -4.69. The average Bonchev–Trinajstić information content (AvgIpc) is 3.36. The van der Waals surface area contributed by atoms with E-state index < -0.39 is 11.7 Å². The predicted molar refractivity (Wildman–Crippen MR) is 129 cm³/mol. The molecular formula is C23H17ClN8O3. The zero-order valence-electron chi connectivity index (χ0n) is 18.5. The molecular weight excluding hydrogens is 472 g/mol. The lowest BCUT2D eigenvalue weighted by Crippen LogP contribution is -2.24. The number of amides is 1. The zero-order chi connectivity index (χ0) is 24.9. The number of nitrogens with zero attached hydrogens (tertiary/aromatic N) is 7. The first-order valence-electron chi connectivity index (χ1n) is 10.3. The summed E-state index contributed by atoms with van der Waals surface area (Å²) >= 11 is 6.23. The van der Waals surface area contributed by atoms with Crippen LogP contribution in [-0.2, 0) is 20.6 Å². The van der Waals surface area contributed by atoms with Crippen molar-refractivity contribution in [3.8, 4) is 17.5 Å². The summed E-state index contributed by atoms with van der Waals surface area (Å²) in [5.41, 5.74) is 2.63. The van der Waals surface area contributed by atoms with Gasteiger partial charge in [-0.15, -0.1) is 0 Å². The largest absolute Gasteiger partial charge is 0.465 e. The zero-order valence-corrected chi connectivity index (χ0v) is 19.3. The maximum atomic E-state index is 13.4. The van der Waals surface area contributed by atoms with Gasteiger partial charge in [0, 0.05) is 36.9 Å². The van der Waals surface area contributed by atoms with Gasteiger partial charge < -0.3 is 9.67 Å². The summed E-state index contributed by atoms with van der Waals surface area (Å²) in [6.45, 7) is 0.239. The van der Waals surface area contributed by atoms with Crippen molar-refractivity contribution in [2.24, 2.45) is 14.1 Å². The molecule has 4 heterocycles. The van der Waals surface area contributed by atoms with E-state index in [0.29, 0.717) is 22.0 Å².